The molecule has 0 amide bonds. The van der Waals surface area contributed by atoms with Gasteiger partial charge in [-0.05, 0) is 36.4 Å². The predicted molar refractivity (Wildman–Crippen MR) is 79.4 cm³/mol. The number of hydrogen-bond donors (Lipinski definition) is 0. The van der Waals surface area contributed by atoms with Crippen molar-refractivity contribution in [3.8, 4) is 11.8 Å². The van der Waals surface area contributed by atoms with Gasteiger partial charge in [0.15, 0.2) is 0 Å². The second-order valence-corrected chi connectivity index (χ2v) is 5.91. The molecular formula is C15H12ClNO2S. The van der Waals surface area contributed by atoms with Gasteiger partial charge >= 0.3 is 0 Å². The zero-order valence-electron chi connectivity index (χ0n) is 10.6. The van der Waals surface area contributed by atoms with E-state index in [-0.39, 0.29) is 0 Å². The van der Waals surface area contributed by atoms with Gasteiger partial charge in [0.2, 0.25) is 0 Å². The average molecular weight is 306 g/mol. The molecule has 0 saturated carbocycles. The fourth-order valence-electron chi connectivity index (χ4n) is 1.60. The van der Waals surface area contributed by atoms with Gasteiger partial charge in [-0.15, -0.1) is 0 Å². The van der Waals surface area contributed by atoms with Crippen LogP contribution in [0.3, 0.4) is 0 Å². The van der Waals surface area contributed by atoms with Crippen LogP contribution in [0.1, 0.15) is 5.56 Å². The molecule has 1 atom stereocenters. The van der Waals surface area contributed by atoms with Crippen LogP contribution in [0.25, 0.3) is 0 Å². The Balaban J connectivity index is 1.88. The van der Waals surface area contributed by atoms with Crippen molar-refractivity contribution in [2.24, 2.45) is 0 Å². The first-order chi connectivity index (χ1) is 9.70. The molecule has 0 N–H and O–H groups in total. The molecular weight excluding hydrogens is 294 g/mol. The Bertz CT molecular complexity index is 650. The van der Waals surface area contributed by atoms with E-state index in [1.165, 1.54) is 0 Å². The minimum atomic E-state index is -1.18. The van der Waals surface area contributed by atoms with Crippen LogP contribution in [-0.4, -0.2) is 16.6 Å². The fourth-order valence-corrected chi connectivity index (χ4v) is 2.96. The molecule has 0 aliphatic rings. The summed E-state index contributed by atoms with van der Waals surface area (Å²) in [7, 11) is -1.18. The van der Waals surface area contributed by atoms with E-state index in [1.54, 1.807) is 48.5 Å². The third-order valence-electron chi connectivity index (χ3n) is 2.60. The highest BCUT2D eigenvalue weighted by molar-refractivity contribution is 7.85. The van der Waals surface area contributed by atoms with Gasteiger partial charge < -0.3 is 4.74 Å². The first-order valence-corrected chi connectivity index (χ1v) is 7.66. The predicted octanol–water partition coefficient (Wildman–Crippen LogP) is 3.40. The van der Waals surface area contributed by atoms with E-state index in [4.69, 9.17) is 21.6 Å². The van der Waals surface area contributed by atoms with E-state index in [0.29, 0.717) is 33.6 Å². The molecule has 1 unspecified atom stereocenters. The lowest BCUT2D eigenvalue weighted by atomic mass is 10.2. The lowest BCUT2D eigenvalue weighted by Crippen LogP contribution is -2.09. The van der Waals surface area contributed by atoms with Gasteiger partial charge in [-0.3, -0.25) is 4.21 Å². The molecule has 3 nitrogen and oxygen atoms in total. The van der Waals surface area contributed by atoms with Crippen molar-refractivity contribution in [1.82, 2.24) is 0 Å². The highest BCUT2D eigenvalue weighted by atomic mass is 35.5. The van der Waals surface area contributed by atoms with Crippen LogP contribution in [-0.2, 0) is 10.8 Å². The van der Waals surface area contributed by atoms with E-state index in [1.807, 2.05) is 6.07 Å². The molecule has 0 spiro atoms. The number of ether oxygens (including phenoxy) is 1. The van der Waals surface area contributed by atoms with Crippen molar-refractivity contribution >= 4 is 22.4 Å². The third kappa shape index (κ3) is 3.83. The number of nitrogens with zero attached hydrogens (tertiary/aromatic N) is 1. The zero-order chi connectivity index (χ0) is 14.4. The zero-order valence-corrected chi connectivity index (χ0v) is 12.2. The first-order valence-electron chi connectivity index (χ1n) is 5.96. The van der Waals surface area contributed by atoms with E-state index in [0.717, 1.165) is 0 Å². The summed E-state index contributed by atoms with van der Waals surface area (Å²) in [6, 6.07) is 15.9. The summed E-state index contributed by atoms with van der Waals surface area (Å²) in [5.74, 6) is 1.02. The molecule has 0 aromatic heterocycles. The quantitative estimate of drug-likeness (QED) is 0.850. The summed E-state index contributed by atoms with van der Waals surface area (Å²) in [5.41, 5.74) is 0.581. The van der Waals surface area contributed by atoms with Gasteiger partial charge in [0.25, 0.3) is 0 Å². The van der Waals surface area contributed by atoms with E-state index >= 15 is 0 Å². The SMILES string of the molecule is N#Cc1ccc(OCCS(=O)c2ccccc2Cl)cc1. The number of rotatable bonds is 5. The van der Waals surface area contributed by atoms with Crippen molar-refractivity contribution in [3.63, 3.8) is 0 Å². The second-order valence-electron chi connectivity index (χ2n) is 3.96. The molecule has 0 bridgehead atoms. The van der Waals surface area contributed by atoms with Crippen LogP contribution < -0.4 is 4.74 Å². The Hall–Kier alpha value is -1.83. The highest BCUT2D eigenvalue weighted by Crippen LogP contribution is 2.19. The summed E-state index contributed by atoms with van der Waals surface area (Å²) < 4.78 is 17.6. The molecule has 0 aliphatic carbocycles. The lowest BCUT2D eigenvalue weighted by molar-refractivity contribution is 0.342. The minimum absolute atomic E-state index is 0.323. The standard InChI is InChI=1S/C15H12ClNO2S/c16-14-3-1-2-4-15(14)20(18)10-9-19-13-7-5-12(11-17)6-8-13/h1-8H,9-10H2. The van der Waals surface area contributed by atoms with Gasteiger partial charge in [0.05, 0.1) is 38.1 Å². The molecule has 0 fully saturated rings. The largest absolute Gasteiger partial charge is 0.493 e. The summed E-state index contributed by atoms with van der Waals surface area (Å²) >= 11 is 5.98. The Morgan fingerprint density at radius 2 is 1.85 bits per heavy atom. The number of hydrogen-bond acceptors (Lipinski definition) is 3. The van der Waals surface area contributed by atoms with Crippen LogP contribution in [0, 0.1) is 11.3 Å². The van der Waals surface area contributed by atoms with E-state index in [9.17, 15) is 4.21 Å². The molecule has 0 saturated heterocycles. The molecule has 0 radical (unpaired) electrons. The van der Waals surface area contributed by atoms with E-state index < -0.39 is 10.8 Å². The van der Waals surface area contributed by atoms with Gasteiger partial charge in [-0.1, -0.05) is 23.7 Å². The Kier molecular flexibility index (Phi) is 5.16. The van der Waals surface area contributed by atoms with Crippen LogP contribution in [0.15, 0.2) is 53.4 Å². The molecule has 2 aromatic carbocycles. The number of nitriles is 1. The van der Waals surface area contributed by atoms with Crippen molar-refractivity contribution in [2.75, 3.05) is 12.4 Å². The maximum Gasteiger partial charge on any atom is 0.119 e. The topological polar surface area (TPSA) is 50.1 Å². The van der Waals surface area contributed by atoms with Crippen LogP contribution in [0.5, 0.6) is 5.75 Å². The Morgan fingerprint density at radius 1 is 1.15 bits per heavy atom. The molecule has 20 heavy (non-hydrogen) atoms. The smallest absolute Gasteiger partial charge is 0.119 e. The maximum absolute atomic E-state index is 12.1. The normalized spacial score (nSPS) is 11.6. The molecule has 102 valence electrons. The second kappa shape index (κ2) is 7.09. The molecule has 0 aliphatic heterocycles. The fraction of sp³-hybridized carbons (Fsp3) is 0.133. The third-order valence-corrected chi connectivity index (χ3v) is 4.43. The lowest BCUT2D eigenvalue weighted by Gasteiger charge is -2.07. The summed E-state index contributed by atoms with van der Waals surface area (Å²) in [4.78, 5) is 0.623. The van der Waals surface area contributed by atoms with Gasteiger partial charge in [0.1, 0.15) is 12.4 Å². The monoisotopic (exact) mass is 305 g/mol. The number of benzene rings is 2. The van der Waals surface area contributed by atoms with Crippen LogP contribution in [0.2, 0.25) is 5.02 Å². The number of halogens is 1. The molecule has 0 heterocycles. The first kappa shape index (κ1) is 14.6. The van der Waals surface area contributed by atoms with Crippen LogP contribution >= 0.6 is 11.6 Å². The molecule has 5 heteroatoms. The maximum atomic E-state index is 12.1. The van der Waals surface area contributed by atoms with Gasteiger partial charge in [0, 0.05) is 0 Å². The van der Waals surface area contributed by atoms with Gasteiger partial charge in [-0.2, -0.15) is 5.26 Å². The highest BCUT2D eigenvalue weighted by Gasteiger charge is 2.08. The van der Waals surface area contributed by atoms with Gasteiger partial charge in [-0.25, -0.2) is 0 Å². The summed E-state index contributed by atoms with van der Waals surface area (Å²) in [6.45, 7) is 0.323. The molecule has 2 aromatic rings. The molecule has 2 rings (SSSR count). The minimum Gasteiger partial charge on any atom is -0.493 e. The average Bonchev–Trinajstić information content (AvgIpc) is 2.48. The van der Waals surface area contributed by atoms with Crippen molar-refractivity contribution in [1.29, 1.82) is 5.26 Å². The summed E-state index contributed by atoms with van der Waals surface area (Å²) in [6.07, 6.45) is 0. The summed E-state index contributed by atoms with van der Waals surface area (Å²) in [5, 5.41) is 9.19. The van der Waals surface area contributed by atoms with E-state index in [2.05, 4.69) is 0 Å². The van der Waals surface area contributed by atoms with Crippen molar-refractivity contribution < 1.29 is 8.95 Å². The Morgan fingerprint density at radius 3 is 2.50 bits per heavy atom. The van der Waals surface area contributed by atoms with Crippen LogP contribution in [0.4, 0.5) is 0 Å². The van der Waals surface area contributed by atoms with Crippen molar-refractivity contribution in [3.05, 3.63) is 59.1 Å². The van der Waals surface area contributed by atoms with Crippen molar-refractivity contribution in [2.45, 2.75) is 4.90 Å². The Labute approximate surface area is 125 Å².